The number of carbonyl (C=O) groups excluding carboxylic acids is 2. The van der Waals surface area contributed by atoms with E-state index in [2.05, 4.69) is 4.98 Å². The summed E-state index contributed by atoms with van der Waals surface area (Å²) in [5.74, 6) is -2.57. The number of aliphatic hydroxyl groups excluding tert-OH is 1. The van der Waals surface area contributed by atoms with Gasteiger partial charge in [0.1, 0.15) is 17.2 Å². The summed E-state index contributed by atoms with van der Waals surface area (Å²) in [6.45, 7) is 2.26. The van der Waals surface area contributed by atoms with Crippen molar-refractivity contribution < 1.29 is 23.8 Å². The van der Waals surface area contributed by atoms with Crippen molar-refractivity contribution in [3.05, 3.63) is 77.0 Å². The zero-order chi connectivity index (χ0) is 22.1. The van der Waals surface area contributed by atoms with Crippen LogP contribution in [0.4, 0.5) is 4.39 Å². The summed E-state index contributed by atoms with van der Waals surface area (Å²) < 4.78 is 21.5. The van der Waals surface area contributed by atoms with Crippen LogP contribution in [-0.4, -0.2) is 51.3 Å². The SMILES string of the molecule is COCCCN1C(=O)C(=O)/C(=C(/O)c2c(C)nc3ccccn23)C1c1ccccc1F. The fourth-order valence-electron chi connectivity index (χ4n) is 4.04. The minimum atomic E-state index is -1.05. The summed E-state index contributed by atoms with van der Waals surface area (Å²) in [5.41, 5.74) is 1.36. The Labute approximate surface area is 178 Å². The number of imidazole rings is 1. The molecule has 0 radical (unpaired) electrons. The second-order valence-corrected chi connectivity index (χ2v) is 7.34. The van der Waals surface area contributed by atoms with Crippen LogP contribution in [0.1, 0.15) is 29.4 Å². The van der Waals surface area contributed by atoms with Crippen molar-refractivity contribution in [2.45, 2.75) is 19.4 Å². The molecular formula is C23H22FN3O4. The standard InChI is InChI=1S/C23H22FN3O4/c1-14-19(26-11-6-5-10-17(26)25-14)21(28)18-20(15-8-3-4-9-16(15)24)27(12-7-13-31-2)23(30)22(18)29/h3-6,8-11,20,28H,7,12-13H2,1-2H3/b21-18+. The van der Waals surface area contributed by atoms with Crippen LogP contribution in [-0.2, 0) is 14.3 Å². The summed E-state index contributed by atoms with van der Waals surface area (Å²) in [7, 11) is 1.54. The van der Waals surface area contributed by atoms with Crippen LogP contribution in [0.15, 0.2) is 54.2 Å². The molecule has 3 heterocycles. The number of hydrogen-bond donors (Lipinski definition) is 1. The topological polar surface area (TPSA) is 84.1 Å². The zero-order valence-corrected chi connectivity index (χ0v) is 17.2. The van der Waals surface area contributed by atoms with Crippen LogP contribution in [0.3, 0.4) is 0 Å². The molecule has 1 aliphatic heterocycles. The molecule has 0 saturated carbocycles. The van der Waals surface area contributed by atoms with Gasteiger partial charge in [0.2, 0.25) is 0 Å². The van der Waals surface area contributed by atoms with Crippen molar-refractivity contribution in [1.82, 2.24) is 14.3 Å². The minimum absolute atomic E-state index is 0.146. The average Bonchev–Trinajstić information content (AvgIpc) is 3.22. The van der Waals surface area contributed by atoms with Gasteiger partial charge in [0.25, 0.3) is 11.7 Å². The van der Waals surface area contributed by atoms with Crippen LogP contribution in [0.25, 0.3) is 11.4 Å². The van der Waals surface area contributed by atoms with Crippen LogP contribution in [0, 0.1) is 12.7 Å². The Kier molecular flexibility index (Phi) is 5.56. The molecule has 0 aliphatic carbocycles. The highest BCUT2D eigenvalue weighted by atomic mass is 19.1. The second-order valence-electron chi connectivity index (χ2n) is 7.34. The number of rotatable bonds is 6. The van der Waals surface area contributed by atoms with E-state index >= 15 is 0 Å². The molecule has 0 bridgehead atoms. The predicted molar refractivity (Wildman–Crippen MR) is 112 cm³/mol. The fourth-order valence-corrected chi connectivity index (χ4v) is 4.04. The first-order valence-electron chi connectivity index (χ1n) is 9.91. The number of Topliss-reactive ketones (excluding diaryl/α,β-unsaturated/α-hetero) is 1. The third-order valence-electron chi connectivity index (χ3n) is 5.42. The Bertz CT molecular complexity index is 1200. The Balaban J connectivity index is 1.93. The van der Waals surface area contributed by atoms with Gasteiger partial charge in [0.05, 0.1) is 17.3 Å². The highest BCUT2D eigenvalue weighted by Gasteiger charge is 2.47. The molecule has 1 saturated heterocycles. The van der Waals surface area contributed by atoms with Gasteiger partial charge in [0, 0.05) is 32.0 Å². The van der Waals surface area contributed by atoms with E-state index in [0.29, 0.717) is 30.1 Å². The number of halogens is 1. The lowest BCUT2D eigenvalue weighted by molar-refractivity contribution is -0.140. The maximum Gasteiger partial charge on any atom is 0.295 e. The van der Waals surface area contributed by atoms with Crippen molar-refractivity contribution in [3.63, 3.8) is 0 Å². The number of benzene rings is 1. The van der Waals surface area contributed by atoms with Gasteiger partial charge in [-0.25, -0.2) is 9.37 Å². The number of nitrogens with zero attached hydrogens (tertiary/aromatic N) is 3. The second kappa shape index (κ2) is 8.31. The van der Waals surface area contributed by atoms with E-state index in [1.807, 2.05) is 0 Å². The van der Waals surface area contributed by atoms with Crippen LogP contribution in [0.5, 0.6) is 0 Å². The maximum atomic E-state index is 14.8. The minimum Gasteiger partial charge on any atom is -0.505 e. The lowest BCUT2D eigenvalue weighted by Gasteiger charge is -2.25. The third kappa shape index (κ3) is 3.48. The van der Waals surface area contributed by atoms with Gasteiger partial charge in [-0.05, 0) is 31.5 Å². The first-order valence-corrected chi connectivity index (χ1v) is 9.91. The highest BCUT2D eigenvalue weighted by Crippen LogP contribution is 2.40. The van der Waals surface area contributed by atoms with E-state index in [1.165, 1.54) is 30.2 Å². The molecule has 31 heavy (non-hydrogen) atoms. The van der Waals surface area contributed by atoms with Crippen molar-refractivity contribution in [2.24, 2.45) is 0 Å². The molecule has 1 atom stereocenters. The number of ketones is 1. The molecule has 1 N–H and O–H groups in total. The lowest BCUT2D eigenvalue weighted by Crippen LogP contribution is -2.31. The van der Waals surface area contributed by atoms with E-state index in [1.54, 1.807) is 41.8 Å². The van der Waals surface area contributed by atoms with Crippen LogP contribution >= 0.6 is 0 Å². The Morgan fingerprint density at radius 3 is 2.68 bits per heavy atom. The molecule has 1 unspecified atom stereocenters. The molecule has 160 valence electrons. The molecule has 3 aromatic rings. The van der Waals surface area contributed by atoms with Gasteiger partial charge in [-0.2, -0.15) is 0 Å². The zero-order valence-electron chi connectivity index (χ0n) is 17.2. The first-order chi connectivity index (χ1) is 15.0. The summed E-state index contributed by atoms with van der Waals surface area (Å²) in [4.78, 5) is 31.6. The number of amides is 1. The van der Waals surface area contributed by atoms with Crippen LogP contribution in [0.2, 0.25) is 0 Å². The molecule has 2 aromatic heterocycles. The number of ether oxygens (including phenoxy) is 1. The average molecular weight is 423 g/mol. The molecule has 8 heteroatoms. The van der Waals surface area contributed by atoms with Crippen LogP contribution < -0.4 is 0 Å². The molecular weight excluding hydrogens is 401 g/mol. The molecule has 1 aromatic carbocycles. The van der Waals surface area contributed by atoms with Gasteiger partial charge in [-0.15, -0.1) is 0 Å². The summed E-state index contributed by atoms with van der Waals surface area (Å²) in [6, 6.07) is 10.2. The normalized spacial score (nSPS) is 18.3. The van der Waals surface area contributed by atoms with Gasteiger partial charge in [0.15, 0.2) is 5.76 Å². The van der Waals surface area contributed by atoms with Gasteiger partial charge in [-0.1, -0.05) is 24.3 Å². The number of pyridine rings is 1. The Morgan fingerprint density at radius 2 is 1.94 bits per heavy atom. The maximum absolute atomic E-state index is 14.8. The number of fused-ring (bicyclic) bond motifs is 1. The molecule has 1 aliphatic rings. The molecule has 7 nitrogen and oxygen atoms in total. The Hall–Kier alpha value is -3.52. The van der Waals surface area contributed by atoms with E-state index in [-0.39, 0.29) is 23.4 Å². The number of methoxy groups -OCH3 is 1. The third-order valence-corrected chi connectivity index (χ3v) is 5.42. The molecule has 1 amide bonds. The number of aliphatic hydroxyl groups is 1. The summed E-state index contributed by atoms with van der Waals surface area (Å²) in [6.07, 6.45) is 2.17. The molecule has 4 rings (SSSR count). The number of likely N-dealkylation sites (tertiary alicyclic amines) is 1. The molecule has 1 fully saturated rings. The number of carbonyl (C=O) groups is 2. The summed E-state index contributed by atoms with van der Waals surface area (Å²) >= 11 is 0. The number of aromatic nitrogens is 2. The van der Waals surface area contributed by atoms with E-state index < -0.39 is 23.5 Å². The van der Waals surface area contributed by atoms with E-state index in [0.717, 1.165) is 0 Å². The smallest absolute Gasteiger partial charge is 0.295 e. The largest absolute Gasteiger partial charge is 0.505 e. The van der Waals surface area contributed by atoms with Crippen molar-refractivity contribution in [3.8, 4) is 0 Å². The monoisotopic (exact) mass is 423 g/mol. The fraction of sp³-hybridized carbons (Fsp3) is 0.261. The summed E-state index contributed by atoms with van der Waals surface area (Å²) in [5, 5.41) is 11.3. The van der Waals surface area contributed by atoms with Gasteiger partial charge in [-0.3, -0.25) is 14.0 Å². The van der Waals surface area contributed by atoms with Crippen molar-refractivity contribution in [2.75, 3.05) is 20.3 Å². The van der Waals surface area contributed by atoms with Crippen molar-refractivity contribution >= 4 is 23.1 Å². The van der Waals surface area contributed by atoms with Gasteiger partial charge >= 0.3 is 0 Å². The highest BCUT2D eigenvalue weighted by molar-refractivity contribution is 6.46. The van der Waals surface area contributed by atoms with Gasteiger partial charge < -0.3 is 14.7 Å². The number of hydrogen-bond acceptors (Lipinski definition) is 5. The first kappa shape index (κ1) is 20.7. The van der Waals surface area contributed by atoms with E-state index in [4.69, 9.17) is 4.74 Å². The predicted octanol–water partition coefficient (Wildman–Crippen LogP) is 3.24. The van der Waals surface area contributed by atoms with Crippen molar-refractivity contribution in [1.29, 1.82) is 0 Å². The number of aryl methyl sites for hydroxylation is 1. The van der Waals surface area contributed by atoms with E-state index in [9.17, 15) is 19.1 Å². The lowest BCUT2D eigenvalue weighted by atomic mass is 9.96. The Morgan fingerprint density at radius 1 is 1.19 bits per heavy atom. The quantitative estimate of drug-likeness (QED) is 0.285. The molecule has 0 spiro atoms.